The predicted molar refractivity (Wildman–Crippen MR) is 75.6 cm³/mol. The summed E-state index contributed by atoms with van der Waals surface area (Å²) < 4.78 is 18.9. The van der Waals surface area contributed by atoms with Crippen LogP contribution in [-0.4, -0.2) is 6.61 Å². The smallest absolute Gasteiger partial charge is 0.130 e. The maximum atomic E-state index is 13.5. The number of hydrogen-bond donors (Lipinski definition) is 1. The molecule has 100 valence electrons. The van der Waals surface area contributed by atoms with Crippen molar-refractivity contribution in [3.63, 3.8) is 0 Å². The lowest BCUT2D eigenvalue weighted by molar-refractivity contribution is 0.121. The van der Waals surface area contributed by atoms with E-state index in [1.807, 2.05) is 24.3 Å². The number of rotatable bonds is 5. The summed E-state index contributed by atoms with van der Waals surface area (Å²) in [6.07, 6.45) is 0.710. The van der Waals surface area contributed by atoms with Crippen LogP contribution < -0.4 is 5.73 Å². The van der Waals surface area contributed by atoms with Gasteiger partial charge in [-0.25, -0.2) is 4.39 Å². The van der Waals surface area contributed by atoms with Gasteiger partial charge in [-0.2, -0.15) is 0 Å². The highest BCUT2D eigenvalue weighted by Gasteiger charge is 2.03. The molecule has 0 aromatic heterocycles. The second kappa shape index (κ2) is 6.55. The molecular weight excluding hydrogens is 265 g/mol. The van der Waals surface area contributed by atoms with Gasteiger partial charge in [-0.3, -0.25) is 0 Å². The molecule has 0 aliphatic carbocycles. The third kappa shape index (κ3) is 3.94. The van der Waals surface area contributed by atoms with Gasteiger partial charge in [0, 0.05) is 16.3 Å². The van der Waals surface area contributed by atoms with E-state index in [2.05, 4.69) is 0 Å². The number of nitrogens with two attached hydrogens (primary N) is 1. The third-order valence-electron chi connectivity index (χ3n) is 2.84. The Morgan fingerprint density at radius 2 is 1.89 bits per heavy atom. The lowest BCUT2D eigenvalue weighted by Crippen LogP contribution is -2.02. The molecule has 0 bridgehead atoms. The van der Waals surface area contributed by atoms with Crippen LogP contribution in [0.2, 0.25) is 5.02 Å². The molecule has 2 nitrogen and oxygen atoms in total. The monoisotopic (exact) mass is 279 g/mol. The first-order chi connectivity index (χ1) is 9.16. The normalized spacial score (nSPS) is 10.6. The van der Waals surface area contributed by atoms with E-state index in [0.717, 1.165) is 11.3 Å². The molecular formula is C15H15ClFNO. The predicted octanol–water partition coefficient (Wildman–Crippen LogP) is 3.82. The van der Waals surface area contributed by atoms with Crippen LogP contribution in [0, 0.1) is 5.82 Å². The van der Waals surface area contributed by atoms with E-state index in [-0.39, 0.29) is 12.4 Å². The van der Waals surface area contributed by atoms with Gasteiger partial charge in [-0.1, -0.05) is 35.9 Å². The van der Waals surface area contributed by atoms with Crippen LogP contribution in [-0.2, 0) is 17.8 Å². The first-order valence-electron chi connectivity index (χ1n) is 6.02. The molecule has 2 rings (SSSR count). The van der Waals surface area contributed by atoms with Crippen LogP contribution in [0.25, 0.3) is 0 Å². The Bertz CT molecular complexity index is 560. The molecule has 0 heterocycles. The highest BCUT2D eigenvalue weighted by molar-refractivity contribution is 6.30. The van der Waals surface area contributed by atoms with Gasteiger partial charge in [-0.15, -0.1) is 0 Å². The van der Waals surface area contributed by atoms with Gasteiger partial charge < -0.3 is 10.5 Å². The molecule has 0 aliphatic heterocycles. The van der Waals surface area contributed by atoms with Gasteiger partial charge in [-0.05, 0) is 30.2 Å². The zero-order valence-electron chi connectivity index (χ0n) is 10.4. The maximum absolute atomic E-state index is 13.5. The second-order valence-electron chi connectivity index (χ2n) is 4.24. The lowest BCUT2D eigenvalue weighted by atomic mass is 10.1. The van der Waals surface area contributed by atoms with Gasteiger partial charge in [0.25, 0.3) is 0 Å². The molecule has 0 atom stereocenters. The van der Waals surface area contributed by atoms with E-state index < -0.39 is 0 Å². The SMILES string of the molecule is Nc1ccccc1CCOCc1ccc(Cl)cc1F. The third-order valence-corrected chi connectivity index (χ3v) is 3.08. The first-order valence-corrected chi connectivity index (χ1v) is 6.39. The maximum Gasteiger partial charge on any atom is 0.130 e. The number of para-hydroxylation sites is 1. The van der Waals surface area contributed by atoms with Crippen molar-refractivity contribution in [2.45, 2.75) is 13.0 Å². The van der Waals surface area contributed by atoms with Crippen molar-refractivity contribution in [1.82, 2.24) is 0 Å². The summed E-state index contributed by atoms with van der Waals surface area (Å²) in [5, 5.41) is 0.387. The summed E-state index contributed by atoms with van der Waals surface area (Å²) in [4.78, 5) is 0. The average molecular weight is 280 g/mol. The molecule has 0 radical (unpaired) electrons. The Morgan fingerprint density at radius 1 is 1.11 bits per heavy atom. The zero-order valence-corrected chi connectivity index (χ0v) is 11.2. The van der Waals surface area contributed by atoms with Crippen LogP contribution in [0.3, 0.4) is 0 Å². The minimum Gasteiger partial charge on any atom is -0.399 e. The topological polar surface area (TPSA) is 35.2 Å². The first kappa shape index (κ1) is 13.8. The van der Waals surface area contributed by atoms with Crippen LogP contribution in [0.5, 0.6) is 0 Å². The lowest BCUT2D eigenvalue weighted by Gasteiger charge is -2.07. The molecule has 0 aliphatic rings. The Labute approximate surface area is 117 Å². The quantitative estimate of drug-likeness (QED) is 0.667. The van der Waals surface area contributed by atoms with Gasteiger partial charge >= 0.3 is 0 Å². The van der Waals surface area contributed by atoms with Crippen LogP contribution in [0.15, 0.2) is 42.5 Å². The molecule has 2 N–H and O–H groups in total. The molecule has 0 unspecified atom stereocenters. The van der Waals surface area contributed by atoms with Gasteiger partial charge in [0.2, 0.25) is 0 Å². The second-order valence-corrected chi connectivity index (χ2v) is 4.67. The van der Waals surface area contributed by atoms with Crippen LogP contribution in [0.4, 0.5) is 10.1 Å². The van der Waals surface area contributed by atoms with Gasteiger partial charge in [0.15, 0.2) is 0 Å². The zero-order chi connectivity index (χ0) is 13.7. The Kier molecular flexibility index (Phi) is 4.77. The summed E-state index contributed by atoms with van der Waals surface area (Å²) in [5.41, 5.74) is 8.12. The molecule has 4 heteroatoms. The standard InChI is InChI=1S/C15H15ClFNO/c16-13-6-5-12(14(17)9-13)10-19-8-7-11-3-1-2-4-15(11)18/h1-6,9H,7-8,10,18H2. The molecule has 19 heavy (non-hydrogen) atoms. The summed E-state index contributed by atoms with van der Waals surface area (Å²) in [6.45, 7) is 0.728. The van der Waals surface area contributed by atoms with Crippen molar-refractivity contribution in [2.75, 3.05) is 12.3 Å². The minimum absolute atomic E-state index is 0.232. The number of nitrogen functional groups attached to an aromatic ring is 1. The van der Waals surface area contributed by atoms with Crippen molar-refractivity contribution in [1.29, 1.82) is 0 Å². The number of benzene rings is 2. The number of halogens is 2. The van der Waals surface area contributed by atoms with Crippen molar-refractivity contribution in [3.05, 3.63) is 64.4 Å². The van der Waals surface area contributed by atoms with E-state index in [1.165, 1.54) is 6.07 Å². The molecule has 0 saturated heterocycles. The van der Waals surface area contributed by atoms with E-state index in [9.17, 15) is 4.39 Å². The van der Waals surface area contributed by atoms with Crippen molar-refractivity contribution in [3.8, 4) is 0 Å². The fourth-order valence-electron chi connectivity index (χ4n) is 1.76. The fraction of sp³-hybridized carbons (Fsp3) is 0.200. The minimum atomic E-state index is -0.341. The van der Waals surface area contributed by atoms with E-state index >= 15 is 0 Å². The van der Waals surface area contributed by atoms with E-state index in [1.54, 1.807) is 12.1 Å². The highest BCUT2D eigenvalue weighted by atomic mass is 35.5. The fourth-order valence-corrected chi connectivity index (χ4v) is 1.92. The summed E-state index contributed by atoms with van der Waals surface area (Å²) in [6, 6.07) is 12.2. The van der Waals surface area contributed by atoms with E-state index in [0.29, 0.717) is 23.6 Å². The molecule has 0 spiro atoms. The van der Waals surface area contributed by atoms with Gasteiger partial charge in [0.1, 0.15) is 5.82 Å². The van der Waals surface area contributed by atoms with E-state index in [4.69, 9.17) is 22.1 Å². The molecule has 0 fully saturated rings. The average Bonchev–Trinajstić information content (AvgIpc) is 2.38. The highest BCUT2D eigenvalue weighted by Crippen LogP contribution is 2.16. The summed E-state index contributed by atoms with van der Waals surface area (Å²) in [5.74, 6) is -0.341. The Hall–Kier alpha value is -1.58. The molecule has 2 aromatic carbocycles. The van der Waals surface area contributed by atoms with Crippen molar-refractivity contribution < 1.29 is 9.13 Å². The number of hydrogen-bond acceptors (Lipinski definition) is 2. The van der Waals surface area contributed by atoms with Crippen LogP contribution >= 0.6 is 11.6 Å². The summed E-state index contributed by atoms with van der Waals surface area (Å²) in [7, 11) is 0. The molecule has 0 amide bonds. The van der Waals surface area contributed by atoms with Gasteiger partial charge in [0.05, 0.1) is 13.2 Å². The molecule has 0 saturated carbocycles. The number of ether oxygens (including phenoxy) is 1. The van der Waals surface area contributed by atoms with Crippen molar-refractivity contribution >= 4 is 17.3 Å². The number of anilines is 1. The Morgan fingerprint density at radius 3 is 2.63 bits per heavy atom. The van der Waals surface area contributed by atoms with Crippen molar-refractivity contribution in [2.24, 2.45) is 0 Å². The largest absolute Gasteiger partial charge is 0.399 e. The Balaban J connectivity index is 1.83. The molecule has 2 aromatic rings. The van der Waals surface area contributed by atoms with Crippen LogP contribution in [0.1, 0.15) is 11.1 Å². The summed E-state index contributed by atoms with van der Waals surface area (Å²) >= 11 is 5.68.